The van der Waals surface area contributed by atoms with Gasteiger partial charge >= 0.3 is 0 Å². The van der Waals surface area contributed by atoms with Crippen molar-refractivity contribution >= 4 is 49.4 Å². The Labute approximate surface area is 271 Å². The summed E-state index contributed by atoms with van der Waals surface area (Å²) in [5.41, 5.74) is 9.68. The molecule has 6 nitrogen and oxygen atoms in total. The van der Waals surface area contributed by atoms with Crippen LogP contribution >= 0.6 is 0 Å². The summed E-state index contributed by atoms with van der Waals surface area (Å²) < 4.78 is 4.58. The van der Waals surface area contributed by atoms with Crippen LogP contribution in [0.2, 0.25) is 0 Å². The molecule has 0 bridgehead atoms. The van der Waals surface area contributed by atoms with Gasteiger partial charge in [0.15, 0.2) is 0 Å². The molecule has 44 heavy (non-hydrogen) atoms. The molecule has 225 valence electrons. The van der Waals surface area contributed by atoms with Gasteiger partial charge in [0, 0.05) is 66.6 Å². The van der Waals surface area contributed by atoms with Gasteiger partial charge in [0.2, 0.25) is 0 Å². The van der Waals surface area contributed by atoms with Gasteiger partial charge in [-0.15, -0.1) is 18.2 Å². The first-order valence-electron chi connectivity index (χ1n) is 15.2. The molecule has 5 aromatic heterocycles. The van der Waals surface area contributed by atoms with Gasteiger partial charge in [-0.2, -0.15) is 0 Å². The number of benzene rings is 2. The largest absolute Gasteiger partial charge is 0.325 e. The number of hydrogen-bond acceptors (Lipinski definition) is 4. The van der Waals surface area contributed by atoms with Crippen LogP contribution in [0, 0.1) is 11.5 Å². The van der Waals surface area contributed by atoms with Gasteiger partial charge < -0.3 is 8.97 Å². The fourth-order valence-electron chi connectivity index (χ4n) is 7.57. The molecule has 7 heteroatoms. The molecule has 0 fully saturated rings. The van der Waals surface area contributed by atoms with E-state index >= 15 is 0 Å². The summed E-state index contributed by atoms with van der Waals surface area (Å²) in [6.45, 7) is 21.1. The fraction of sp³-hybridized carbons (Fsp3) is 0.351. The molecule has 5 heterocycles. The third kappa shape index (κ3) is 3.46. The summed E-state index contributed by atoms with van der Waals surface area (Å²) in [7, 11) is 0. The van der Waals surface area contributed by atoms with Crippen molar-refractivity contribution in [3.05, 3.63) is 84.2 Å². The summed E-state index contributed by atoms with van der Waals surface area (Å²) in [5.74, 6) is 0.983. The molecular weight excluding hydrogens is 721 g/mol. The third-order valence-corrected chi connectivity index (χ3v) is 11.1. The van der Waals surface area contributed by atoms with Gasteiger partial charge in [-0.1, -0.05) is 67.7 Å². The molecule has 0 unspecified atom stereocenters. The van der Waals surface area contributed by atoms with Crippen LogP contribution in [0.25, 0.3) is 55.1 Å². The van der Waals surface area contributed by atoms with Crippen molar-refractivity contribution in [1.29, 1.82) is 0 Å². The minimum atomic E-state index is -0.241. The first-order valence-corrected chi connectivity index (χ1v) is 15.2. The van der Waals surface area contributed by atoms with Crippen LogP contribution in [0.1, 0.15) is 79.3 Å². The van der Waals surface area contributed by atoms with E-state index in [0.717, 1.165) is 60.9 Å². The average Bonchev–Trinajstić information content (AvgIpc) is 3.53. The smallest absolute Gasteiger partial charge is 0.102 e. The van der Waals surface area contributed by atoms with Gasteiger partial charge in [-0.3, -0.25) is 19.9 Å². The second kappa shape index (κ2) is 8.95. The Morgan fingerprint density at radius 1 is 0.750 bits per heavy atom. The first-order chi connectivity index (χ1) is 20.2. The molecule has 1 aliphatic rings. The zero-order chi connectivity index (χ0) is 30.3. The number of imidazole rings is 1. The minimum Gasteiger partial charge on any atom is -0.325 e. The Morgan fingerprint density at radius 3 is 1.93 bits per heavy atom. The van der Waals surface area contributed by atoms with Crippen molar-refractivity contribution in [3.63, 3.8) is 0 Å². The van der Waals surface area contributed by atoms with E-state index in [0.29, 0.717) is 0 Å². The van der Waals surface area contributed by atoms with Gasteiger partial charge in [0.1, 0.15) is 5.82 Å². The van der Waals surface area contributed by atoms with E-state index in [1.54, 1.807) is 0 Å². The fourth-order valence-corrected chi connectivity index (χ4v) is 7.57. The SMILES string of the molecule is CC(C)(C)c1nc2c(-n3c4ccncc4c4cnccc43)cc[c-]c2c2nc3cc4c(cc3n12)C(C)(C)C(C)(C)C4(C)C.[Ir]. The van der Waals surface area contributed by atoms with Gasteiger partial charge in [0.05, 0.1) is 27.7 Å². The second-order valence-corrected chi connectivity index (χ2v) is 14.9. The number of aromatic nitrogens is 6. The Bertz CT molecular complexity index is 2260. The number of hydrogen-bond donors (Lipinski definition) is 0. The van der Waals surface area contributed by atoms with Crippen LogP contribution in [0.5, 0.6) is 0 Å². The van der Waals surface area contributed by atoms with Crippen molar-refractivity contribution < 1.29 is 20.1 Å². The Hall–Kier alpha value is -3.67. The number of rotatable bonds is 1. The normalized spacial score (nSPS) is 17.1. The molecule has 7 aromatic rings. The molecule has 0 saturated heterocycles. The van der Waals surface area contributed by atoms with Crippen molar-refractivity contribution in [1.82, 2.24) is 28.9 Å². The van der Waals surface area contributed by atoms with Gasteiger partial charge in [-0.05, 0) is 57.3 Å². The van der Waals surface area contributed by atoms with Crippen LogP contribution in [0.3, 0.4) is 0 Å². The van der Waals surface area contributed by atoms with Crippen LogP contribution in [-0.2, 0) is 36.4 Å². The quantitative estimate of drug-likeness (QED) is 0.158. The van der Waals surface area contributed by atoms with E-state index in [2.05, 4.69) is 118 Å². The predicted octanol–water partition coefficient (Wildman–Crippen LogP) is 8.61. The maximum atomic E-state index is 5.49. The molecule has 0 N–H and O–H groups in total. The number of pyridine rings is 2. The molecule has 0 spiro atoms. The van der Waals surface area contributed by atoms with Crippen molar-refractivity contribution in [2.75, 3.05) is 0 Å². The molecule has 1 radical (unpaired) electrons. The van der Waals surface area contributed by atoms with Gasteiger partial charge in [-0.25, -0.2) is 0 Å². The van der Waals surface area contributed by atoms with E-state index in [4.69, 9.17) is 9.97 Å². The summed E-state index contributed by atoms with van der Waals surface area (Å²) in [6.07, 6.45) is 7.53. The van der Waals surface area contributed by atoms with Crippen LogP contribution in [0.4, 0.5) is 0 Å². The molecule has 8 rings (SSSR count). The van der Waals surface area contributed by atoms with E-state index < -0.39 is 0 Å². The Kier molecular flexibility index (Phi) is 5.91. The summed E-state index contributed by atoms with van der Waals surface area (Å²) in [6, 6.07) is 16.6. The van der Waals surface area contributed by atoms with Gasteiger partial charge in [0.25, 0.3) is 0 Å². The number of nitrogens with zero attached hydrogens (tertiary/aromatic N) is 6. The van der Waals surface area contributed by atoms with E-state index in [9.17, 15) is 0 Å². The van der Waals surface area contributed by atoms with Crippen molar-refractivity contribution in [3.8, 4) is 5.69 Å². The molecule has 0 amide bonds. The summed E-state index contributed by atoms with van der Waals surface area (Å²) in [5, 5.41) is 3.05. The van der Waals surface area contributed by atoms with Crippen LogP contribution in [0.15, 0.2) is 61.2 Å². The zero-order valence-corrected chi connectivity index (χ0v) is 29.2. The molecular formula is C37H37IrN6-. The predicted molar refractivity (Wildman–Crippen MR) is 175 cm³/mol. The maximum Gasteiger partial charge on any atom is 0.102 e. The topological polar surface area (TPSA) is 60.9 Å². The monoisotopic (exact) mass is 758 g/mol. The average molecular weight is 758 g/mol. The standard InChI is InChI=1S/C37H37N6.Ir/c1-34(2,3)33-41-31-21(11-10-12-29(31)42-27-13-15-38-19-22(27)23-20-39-16-14-28(23)42)32-40-26-17-24-25(18-30(26)43(32)33)36(6,7)37(8,9)35(24,4)5;/h10,12-20H,1-9H3;/q-1;. The van der Waals surface area contributed by atoms with Crippen LogP contribution in [-0.4, -0.2) is 28.9 Å². The molecule has 1 aliphatic carbocycles. The van der Waals surface area contributed by atoms with Crippen molar-refractivity contribution in [2.24, 2.45) is 5.41 Å². The number of fused-ring (bicyclic) bond motifs is 9. The summed E-state index contributed by atoms with van der Waals surface area (Å²) >= 11 is 0. The van der Waals surface area contributed by atoms with Crippen molar-refractivity contribution in [2.45, 2.75) is 78.6 Å². The third-order valence-electron chi connectivity index (χ3n) is 11.1. The van der Waals surface area contributed by atoms with E-state index in [1.165, 1.54) is 11.1 Å². The Balaban J connectivity index is 0.00000312. The molecule has 0 atom stereocenters. The second-order valence-electron chi connectivity index (χ2n) is 14.9. The zero-order valence-electron chi connectivity index (χ0n) is 26.8. The Morgan fingerprint density at radius 2 is 1.34 bits per heavy atom. The minimum absolute atomic E-state index is 0. The maximum absolute atomic E-state index is 5.49. The molecule has 2 aromatic carbocycles. The molecule has 0 aliphatic heterocycles. The summed E-state index contributed by atoms with van der Waals surface area (Å²) in [4.78, 5) is 19.7. The molecule has 0 saturated carbocycles. The van der Waals surface area contributed by atoms with E-state index in [-0.39, 0.29) is 41.8 Å². The van der Waals surface area contributed by atoms with E-state index in [1.807, 2.05) is 30.9 Å². The first kappa shape index (κ1) is 29.1. The van der Waals surface area contributed by atoms with Crippen LogP contribution < -0.4 is 0 Å².